The van der Waals surface area contributed by atoms with Gasteiger partial charge in [0.15, 0.2) is 8.32 Å². The average Bonchev–Trinajstić information content (AvgIpc) is 2.91. The Kier molecular flexibility index (Phi) is 6.52. The monoisotopic (exact) mass is 314 g/mol. The molecule has 1 N–H and O–H groups in total. The van der Waals surface area contributed by atoms with E-state index in [1.807, 2.05) is 0 Å². The van der Waals surface area contributed by atoms with Crippen LogP contribution in [-0.2, 0) is 4.43 Å². The fourth-order valence-corrected chi connectivity index (χ4v) is 10.0. The number of hydrogen-bond acceptors (Lipinski definition) is 2. The van der Waals surface area contributed by atoms with Crippen LogP contribution in [0.25, 0.3) is 0 Å². The molecule has 1 aliphatic rings. The Balaban J connectivity index is 2.53. The number of hydrogen-bond donors (Lipinski definition) is 1. The molecular weight excluding hydrogens is 276 g/mol. The van der Waals surface area contributed by atoms with Gasteiger partial charge in [0.2, 0.25) is 0 Å². The van der Waals surface area contributed by atoms with Crippen molar-refractivity contribution in [3.8, 4) is 0 Å². The van der Waals surface area contributed by atoms with Crippen LogP contribution in [0.1, 0.15) is 74.7 Å². The van der Waals surface area contributed by atoms with Gasteiger partial charge in [0.25, 0.3) is 0 Å². The van der Waals surface area contributed by atoms with Gasteiger partial charge < -0.3 is 9.53 Å². The summed E-state index contributed by atoms with van der Waals surface area (Å²) in [6.45, 7) is 19.2. The van der Waals surface area contributed by atoms with Gasteiger partial charge >= 0.3 is 0 Å². The van der Waals surface area contributed by atoms with Gasteiger partial charge in [-0.2, -0.15) is 0 Å². The Morgan fingerprint density at radius 3 is 1.86 bits per heavy atom. The van der Waals surface area contributed by atoms with E-state index >= 15 is 0 Å². The lowest BCUT2D eigenvalue weighted by atomic mass is 10.0. The number of aliphatic hydroxyl groups is 1. The molecule has 0 amide bonds. The van der Waals surface area contributed by atoms with Gasteiger partial charge in [-0.3, -0.25) is 0 Å². The standard InChI is InChI=1S/C18H38O2Si/c1-13(2)11-18(19)12-17(18)9-10-20-21(14(3)4,15(5)6)16(7)8/h13-17,19H,9-12H2,1-8H3/t17-,18-/m1/s1. The highest BCUT2D eigenvalue weighted by atomic mass is 28.4. The number of rotatable bonds is 9. The predicted molar refractivity (Wildman–Crippen MR) is 94.1 cm³/mol. The Bertz CT molecular complexity index is 303. The molecule has 126 valence electrons. The second kappa shape index (κ2) is 7.14. The van der Waals surface area contributed by atoms with E-state index in [-0.39, 0.29) is 5.60 Å². The van der Waals surface area contributed by atoms with Gasteiger partial charge in [-0.15, -0.1) is 0 Å². The molecule has 21 heavy (non-hydrogen) atoms. The van der Waals surface area contributed by atoms with Crippen molar-refractivity contribution in [3.05, 3.63) is 0 Å². The van der Waals surface area contributed by atoms with Crippen LogP contribution in [0.2, 0.25) is 16.6 Å². The summed E-state index contributed by atoms with van der Waals surface area (Å²) in [4.78, 5) is 0. The van der Waals surface area contributed by atoms with Crippen LogP contribution in [0.3, 0.4) is 0 Å². The van der Waals surface area contributed by atoms with Crippen LogP contribution in [0, 0.1) is 11.8 Å². The highest BCUT2D eigenvalue weighted by Gasteiger charge is 2.52. The van der Waals surface area contributed by atoms with Crippen LogP contribution in [-0.4, -0.2) is 25.6 Å². The molecule has 0 saturated heterocycles. The van der Waals surface area contributed by atoms with Crippen molar-refractivity contribution in [1.29, 1.82) is 0 Å². The van der Waals surface area contributed by atoms with Gasteiger partial charge in [0.05, 0.1) is 5.60 Å². The maximum atomic E-state index is 10.5. The molecule has 2 nitrogen and oxygen atoms in total. The third-order valence-corrected chi connectivity index (χ3v) is 11.6. The molecule has 1 saturated carbocycles. The summed E-state index contributed by atoms with van der Waals surface area (Å²) in [5.74, 6) is 1.05. The molecule has 0 heterocycles. The van der Waals surface area contributed by atoms with E-state index in [2.05, 4.69) is 55.4 Å². The van der Waals surface area contributed by atoms with Crippen LogP contribution >= 0.6 is 0 Å². The van der Waals surface area contributed by atoms with Gasteiger partial charge in [0, 0.05) is 6.61 Å². The minimum absolute atomic E-state index is 0.380. The molecule has 0 aliphatic heterocycles. The molecule has 3 heteroatoms. The van der Waals surface area contributed by atoms with Crippen LogP contribution < -0.4 is 0 Å². The summed E-state index contributed by atoms with van der Waals surface area (Å²) in [7, 11) is -1.73. The largest absolute Gasteiger partial charge is 0.416 e. The van der Waals surface area contributed by atoms with Gasteiger partial charge in [-0.05, 0) is 47.7 Å². The van der Waals surface area contributed by atoms with Crippen LogP contribution in [0.5, 0.6) is 0 Å². The predicted octanol–water partition coefficient (Wildman–Crippen LogP) is 5.37. The lowest BCUT2D eigenvalue weighted by Crippen LogP contribution is -2.48. The van der Waals surface area contributed by atoms with Crippen molar-refractivity contribution in [3.63, 3.8) is 0 Å². The second-order valence-corrected chi connectivity index (χ2v) is 14.0. The fourth-order valence-electron chi connectivity index (χ4n) is 4.57. The maximum absolute atomic E-state index is 10.5. The third-order valence-electron chi connectivity index (χ3n) is 5.49. The smallest absolute Gasteiger partial charge is 0.200 e. The normalized spacial score (nSPS) is 26.4. The van der Waals surface area contributed by atoms with E-state index in [1.165, 1.54) is 0 Å². The first-order valence-electron chi connectivity index (χ1n) is 8.92. The zero-order valence-electron chi connectivity index (χ0n) is 15.6. The van der Waals surface area contributed by atoms with Crippen molar-refractivity contribution in [2.24, 2.45) is 11.8 Å². The molecule has 0 aromatic heterocycles. The fraction of sp³-hybridized carbons (Fsp3) is 1.00. The second-order valence-electron chi connectivity index (χ2n) is 8.56. The van der Waals surface area contributed by atoms with Crippen molar-refractivity contribution in [2.75, 3.05) is 6.61 Å². The first kappa shape index (κ1) is 19.2. The molecule has 0 aromatic rings. The van der Waals surface area contributed by atoms with Gasteiger partial charge in [0.1, 0.15) is 0 Å². The third kappa shape index (κ3) is 4.32. The van der Waals surface area contributed by atoms with E-state index in [4.69, 9.17) is 4.43 Å². The van der Waals surface area contributed by atoms with Crippen molar-refractivity contribution in [2.45, 2.75) is 96.9 Å². The Hall–Kier alpha value is 0.137. The molecule has 1 rings (SSSR count). The molecule has 0 unspecified atom stereocenters. The van der Waals surface area contributed by atoms with Crippen molar-refractivity contribution < 1.29 is 9.53 Å². The average molecular weight is 315 g/mol. The molecular formula is C18H38O2Si. The Labute approximate surface area is 133 Å². The summed E-state index contributed by atoms with van der Waals surface area (Å²) in [6.07, 6.45) is 2.96. The summed E-state index contributed by atoms with van der Waals surface area (Å²) in [5.41, 5.74) is 1.55. The first-order chi connectivity index (χ1) is 9.56. The maximum Gasteiger partial charge on any atom is 0.200 e. The van der Waals surface area contributed by atoms with Crippen molar-refractivity contribution in [1.82, 2.24) is 0 Å². The Morgan fingerprint density at radius 1 is 1.00 bits per heavy atom. The summed E-state index contributed by atoms with van der Waals surface area (Å²) in [5, 5.41) is 10.5. The topological polar surface area (TPSA) is 29.5 Å². The van der Waals surface area contributed by atoms with Crippen LogP contribution in [0.15, 0.2) is 0 Å². The SMILES string of the molecule is CC(C)C[C@@]1(O)C[C@H]1CCO[Si](C(C)C)(C(C)C)C(C)C. The zero-order chi connectivity index (χ0) is 16.4. The molecule has 0 radical (unpaired) electrons. The molecule has 0 spiro atoms. The lowest BCUT2D eigenvalue weighted by Gasteiger charge is -2.42. The molecule has 1 aliphatic carbocycles. The summed E-state index contributed by atoms with van der Waals surface area (Å²) in [6, 6.07) is 0. The summed E-state index contributed by atoms with van der Waals surface area (Å²) < 4.78 is 6.59. The zero-order valence-corrected chi connectivity index (χ0v) is 16.6. The van der Waals surface area contributed by atoms with E-state index in [9.17, 15) is 5.11 Å². The summed E-state index contributed by atoms with van der Waals surface area (Å²) >= 11 is 0. The van der Waals surface area contributed by atoms with Gasteiger partial charge in [-0.25, -0.2) is 0 Å². The van der Waals surface area contributed by atoms with E-state index in [0.717, 1.165) is 25.9 Å². The molecule has 1 fully saturated rings. The highest BCUT2D eigenvalue weighted by Crippen LogP contribution is 2.50. The van der Waals surface area contributed by atoms with Crippen LogP contribution in [0.4, 0.5) is 0 Å². The first-order valence-corrected chi connectivity index (χ1v) is 11.1. The van der Waals surface area contributed by atoms with Crippen molar-refractivity contribution >= 4 is 8.32 Å². The minimum atomic E-state index is -1.73. The van der Waals surface area contributed by atoms with E-state index in [0.29, 0.717) is 28.5 Å². The van der Waals surface area contributed by atoms with E-state index in [1.54, 1.807) is 0 Å². The quantitative estimate of drug-likeness (QED) is 0.580. The van der Waals surface area contributed by atoms with Gasteiger partial charge in [-0.1, -0.05) is 55.4 Å². The highest BCUT2D eigenvalue weighted by molar-refractivity contribution is 6.77. The molecule has 2 atom stereocenters. The Morgan fingerprint density at radius 2 is 1.48 bits per heavy atom. The molecule has 0 aromatic carbocycles. The molecule has 0 bridgehead atoms. The minimum Gasteiger partial charge on any atom is -0.416 e. The lowest BCUT2D eigenvalue weighted by molar-refractivity contribution is 0.0999. The van der Waals surface area contributed by atoms with E-state index < -0.39 is 8.32 Å².